The van der Waals surface area contributed by atoms with E-state index in [2.05, 4.69) is 23.1 Å². The quantitative estimate of drug-likeness (QED) is 0.659. The Morgan fingerprint density at radius 1 is 1.50 bits per heavy atom. The topological polar surface area (TPSA) is 30.2 Å². The number of pyridine rings is 1. The molecule has 2 heterocycles. The molecule has 4 heteroatoms. The van der Waals surface area contributed by atoms with Gasteiger partial charge >= 0.3 is 0 Å². The maximum absolute atomic E-state index is 4.12. The van der Waals surface area contributed by atoms with Crippen molar-refractivity contribution in [2.45, 2.75) is 11.9 Å². The first-order chi connectivity index (χ1) is 5.92. The van der Waals surface area contributed by atoms with Gasteiger partial charge in [-0.1, -0.05) is 13.0 Å². The lowest BCUT2D eigenvalue weighted by molar-refractivity contribution is 0.862. The van der Waals surface area contributed by atoms with Crippen molar-refractivity contribution in [3.05, 3.63) is 24.5 Å². The highest BCUT2D eigenvalue weighted by atomic mass is 32.2. The number of aromatic nitrogens is 3. The fourth-order valence-electron chi connectivity index (χ4n) is 1.08. The second kappa shape index (κ2) is 3.15. The van der Waals surface area contributed by atoms with Crippen LogP contribution in [0, 0.1) is 0 Å². The first-order valence-corrected chi connectivity index (χ1v) is 4.82. The third-order valence-corrected chi connectivity index (χ3v) is 2.45. The molecule has 0 bridgehead atoms. The lowest BCUT2D eigenvalue weighted by Gasteiger charge is -1.99. The maximum atomic E-state index is 4.12. The molecule has 0 radical (unpaired) electrons. The lowest BCUT2D eigenvalue weighted by atomic mass is 10.5. The predicted molar refractivity (Wildman–Crippen MR) is 49.4 cm³/mol. The van der Waals surface area contributed by atoms with Crippen molar-refractivity contribution in [3.8, 4) is 0 Å². The summed E-state index contributed by atoms with van der Waals surface area (Å²) in [4.78, 5) is 4.10. The van der Waals surface area contributed by atoms with Gasteiger partial charge in [-0.2, -0.15) is 5.10 Å². The first kappa shape index (κ1) is 7.61. The second-order valence-corrected chi connectivity index (χ2v) is 3.61. The third-order valence-electron chi connectivity index (χ3n) is 1.56. The summed E-state index contributed by atoms with van der Waals surface area (Å²) >= 11 is 1.77. The molecule has 0 saturated heterocycles. The summed E-state index contributed by atoms with van der Waals surface area (Å²) in [6.45, 7) is 2.13. The summed E-state index contributed by atoms with van der Waals surface area (Å²) in [7, 11) is 0. The van der Waals surface area contributed by atoms with E-state index in [9.17, 15) is 0 Å². The molecule has 0 atom stereocenters. The van der Waals surface area contributed by atoms with Gasteiger partial charge in [-0.3, -0.25) is 0 Å². The van der Waals surface area contributed by atoms with E-state index in [1.54, 1.807) is 18.1 Å². The van der Waals surface area contributed by atoms with Gasteiger partial charge in [0, 0.05) is 0 Å². The van der Waals surface area contributed by atoms with Crippen LogP contribution in [-0.4, -0.2) is 20.4 Å². The molecule has 0 amide bonds. The van der Waals surface area contributed by atoms with Gasteiger partial charge in [0.25, 0.3) is 0 Å². The van der Waals surface area contributed by atoms with E-state index in [1.807, 2.05) is 16.6 Å². The average Bonchev–Trinajstić information content (AvgIpc) is 2.53. The van der Waals surface area contributed by atoms with Crippen molar-refractivity contribution in [2.24, 2.45) is 0 Å². The van der Waals surface area contributed by atoms with Gasteiger partial charge < -0.3 is 0 Å². The van der Waals surface area contributed by atoms with Crippen molar-refractivity contribution in [1.82, 2.24) is 14.6 Å². The number of nitrogens with zero attached hydrogens (tertiary/aromatic N) is 3. The van der Waals surface area contributed by atoms with Crippen LogP contribution < -0.4 is 0 Å². The molecule has 0 N–H and O–H groups in total. The number of hydrogen-bond donors (Lipinski definition) is 0. The van der Waals surface area contributed by atoms with Crippen molar-refractivity contribution in [3.63, 3.8) is 0 Å². The molecule has 2 aromatic heterocycles. The van der Waals surface area contributed by atoms with Crippen LogP contribution in [0.25, 0.3) is 5.65 Å². The van der Waals surface area contributed by atoms with E-state index in [4.69, 9.17) is 0 Å². The van der Waals surface area contributed by atoms with Gasteiger partial charge in [-0.25, -0.2) is 9.50 Å². The minimum Gasteiger partial charge on any atom is -0.215 e. The smallest absolute Gasteiger partial charge is 0.156 e. The highest BCUT2D eigenvalue weighted by molar-refractivity contribution is 7.99. The van der Waals surface area contributed by atoms with E-state index in [0.29, 0.717) is 0 Å². The minimum absolute atomic E-state index is 0.911. The molecule has 2 rings (SSSR count). The Bertz CT molecular complexity index is 382. The van der Waals surface area contributed by atoms with E-state index in [1.165, 1.54) is 0 Å². The van der Waals surface area contributed by atoms with Gasteiger partial charge in [0.05, 0.1) is 0 Å². The van der Waals surface area contributed by atoms with Gasteiger partial charge in [-0.05, 0) is 17.9 Å². The third kappa shape index (κ3) is 1.18. The summed E-state index contributed by atoms with van der Waals surface area (Å²) in [5.41, 5.74) is 0.911. The summed E-state index contributed by atoms with van der Waals surface area (Å²) in [5.74, 6) is 1.05. The number of hydrogen-bond acceptors (Lipinski definition) is 3. The summed E-state index contributed by atoms with van der Waals surface area (Å²) < 4.78 is 1.86. The van der Waals surface area contributed by atoms with Gasteiger partial charge in [0.15, 0.2) is 5.65 Å². The highest BCUT2D eigenvalue weighted by Crippen LogP contribution is 2.16. The Balaban J connectivity index is 2.57. The summed E-state index contributed by atoms with van der Waals surface area (Å²) in [6, 6.07) is 6.00. The average molecular weight is 179 g/mol. The molecule has 0 aliphatic rings. The number of rotatable bonds is 2. The molecule has 62 valence electrons. The standard InChI is InChI=1S/C8H9N3S/c1-2-12-8-5-3-4-7-9-6-10-11(7)8/h3-6H,2H2,1H3. The monoisotopic (exact) mass is 179 g/mol. The lowest BCUT2D eigenvalue weighted by Crippen LogP contribution is -1.91. The van der Waals surface area contributed by atoms with Crippen molar-refractivity contribution in [2.75, 3.05) is 5.75 Å². The molecule has 0 aromatic carbocycles. The Kier molecular flexibility index (Phi) is 1.99. The van der Waals surface area contributed by atoms with Crippen LogP contribution in [0.2, 0.25) is 0 Å². The summed E-state index contributed by atoms with van der Waals surface area (Å²) in [5, 5.41) is 5.27. The fourth-order valence-corrected chi connectivity index (χ4v) is 1.81. The van der Waals surface area contributed by atoms with Crippen LogP contribution in [0.1, 0.15) is 6.92 Å². The molecule has 0 spiro atoms. The van der Waals surface area contributed by atoms with Crippen LogP contribution in [0.5, 0.6) is 0 Å². The Morgan fingerprint density at radius 2 is 2.42 bits per heavy atom. The van der Waals surface area contributed by atoms with Crippen LogP contribution in [-0.2, 0) is 0 Å². The molecule has 0 unspecified atom stereocenters. The molecule has 12 heavy (non-hydrogen) atoms. The van der Waals surface area contributed by atoms with E-state index in [-0.39, 0.29) is 0 Å². The first-order valence-electron chi connectivity index (χ1n) is 3.83. The van der Waals surface area contributed by atoms with Crippen LogP contribution in [0.4, 0.5) is 0 Å². The normalized spacial score (nSPS) is 10.8. The zero-order valence-corrected chi connectivity index (χ0v) is 7.58. The van der Waals surface area contributed by atoms with Crippen molar-refractivity contribution < 1.29 is 0 Å². The zero-order chi connectivity index (χ0) is 8.39. The number of thioether (sulfide) groups is 1. The SMILES string of the molecule is CCSc1cccc2ncnn12. The molecular weight excluding hydrogens is 170 g/mol. The minimum atomic E-state index is 0.911. The number of fused-ring (bicyclic) bond motifs is 1. The van der Waals surface area contributed by atoms with Gasteiger partial charge in [0.1, 0.15) is 11.4 Å². The van der Waals surface area contributed by atoms with Crippen LogP contribution in [0.15, 0.2) is 29.6 Å². The Hall–Kier alpha value is -1.03. The highest BCUT2D eigenvalue weighted by Gasteiger charge is 1.99. The molecule has 3 nitrogen and oxygen atoms in total. The summed E-state index contributed by atoms with van der Waals surface area (Å²) in [6.07, 6.45) is 1.58. The predicted octanol–water partition coefficient (Wildman–Crippen LogP) is 1.84. The van der Waals surface area contributed by atoms with Gasteiger partial charge in [0.2, 0.25) is 0 Å². The molecule has 0 aliphatic heterocycles. The Morgan fingerprint density at radius 3 is 3.25 bits per heavy atom. The Labute approximate surface area is 74.8 Å². The van der Waals surface area contributed by atoms with Gasteiger partial charge in [-0.15, -0.1) is 11.8 Å². The van der Waals surface area contributed by atoms with Crippen molar-refractivity contribution >= 4 is 17.4 Å². The molecular formula is C8H9N3S. The largest absolute Gasteiger partial charge is 0.215 e. The molecule has 0 fully saturated rings. The second-order valence-electron chi connectivity index (χ2n) is 2.33. The van der Waals surface area contributed by atoms with E-state index < -0.39 is 0 Å². The van der Waals surface area contributed by atoms with E-state index in [0.717, 1.165) is 16.4 Å². The molecule has 2 aromatic rings. The van der Waals surface area contributed by atoms with E-state index >= 15 is 0 Å². The maximum Gasteiger partial charge on any atom is 0.156 e. The van der Waals surface area contributed by atoms with Crippen molar-refractivity contribution in [1.29, 1.82) is 0 Å². The molecule has 0 saturated carbocycles. The zero-order valence-electron chi connectivity index (χ0n) is 6.77. The van der Waals surface area contributed by atoms with Crippen LogP contribution in [0.3, 0.4) is 0 Å². The fraction of sp³-hybridized carbons (Fsp3) is 0.250. The van der Waals surface area contributed by atoms with Crippen LogP contribution >= 0.6 is 11.8 Å². The molecule has 0 aliphatic carbocycles.